The number of alkyl halides is 6. The minimum atomic E-state index is -5.08. The second kappa shape index (κ2) is 13.0. The molecule has 4 rings (SSSR count). The number of amides is 2. The van der Waals surface area contributed by atoms with Gasteiger partial charge in [0, 0.05) is 29.0 Å². The van der Waals surface area contributed by atoms with E-state index in [1.165, 1.54) is 17.7 Å². The number of anilines is 1. The van der Waals surface area contributed by atoms with Gasteiger partial charge in [0.15, 0.2) is 11.5 Å². The van der Waals surface area contributed by atoms with Crippen LogP contribution >= 0.6 is 15.9 Å². The van der Waals surface area contributed by atoms with Gasteiger partial charge in [0.2, 0.25) is 0 Å². The number of methoxy groups -OCH3 is 2. The highest BCUT2D eigenvalue weighted by atomic mass is 79.9. The fraction of sp³-hybridized carbons (Fsp3) is 0.481. The maximum Gasteiger partial charge on any atom is 0.490 e. The molecule has 42 heavy (non-hydrogen) atoms. The molecule has 2 aliphatic rings. The third kappa shape index (κ3) is 7.79. The van der Waals surface area contributed by atoms with Crippen molar-refractivity contribution in [2.75, 3.05) is 39.7 Å². The molecule has 3 atom stereocenters. The van der Waals surface area contributed by atoms with Gasteiger partial charge in [-0.15, -0.1) is 0 Å². The summed E-state index contributed by atoms with van der Waals surface area (Å²) >= 11 is 3.06. The number of aliphatic carboxylic acids is 1. The van der Waals surface area contributed by atoms with Gasteiger partial charge in [0.25, 0.3) is 0 Å². The molecule has 1 aliphatic carbocycles. The first-order chi connectivity index (χ1) is 19.5. The fourth-order valence-corrected chi connectivity index (χ4v) is 6.02. The van der Waals surface area contributed by atoms with E-state index in [0.29, 0.717) is 16.0 Å². The summed E-state index contributed by atoms with van der Waals surface area (Å²) in [6.45, 7) is 1.76. The Labute approximate surface area is 246 Å². The van der Waals surface area contributed by atoms with Gasteiger partial charge in [-0.2, -0.15) is 26.3 Å². The molecule has 2 fully saturated rings. The van der Waals surface area contributed by atoms with Crippen LogP contribution < -0.4 is 20.1 Å². The van der Waals surface area contributed by atoms with Crippen LogP contribution in [0.2, 0.25) is 0 Å². The van der Waals surface area contributed by atoms with E-state index in [4.69, 9.17) is 19.4 Å². The van der Waals surface area contributed by atoms with E-state index in [1.54, 1.807) is 14.2 Å². The van der Waals surface area contributed by atoms with Crippen molar-refractivity contribution in [3.05, 3.63) is 52.0 Å². The number of nitrogens with one attached hydrogen (secondary N) is 2. The number of nitrogens with zero attached hydrogens (tertiary/aromatic N) is 1. The summed E-state index contributed by atoms with van der Waals surface area (Å²) in [7, 11) is 5.31. The zero-order valence-electron chi connectivity index (χ0n) is 22.8. The summed E-state index contributed by atoms with van der Waals surface area (Å²) in [5.74, 6) is -1.12. The number of likely N-dealkylation sites (tertiary alicyclic amines) is 1. The summed E-state index contributed by atoms with van der Waals surface area (Å²) < 4.78 is 83.2. The second-order valence-corrected chi connectivity index (χ2v) is 11.1. The number of likely N-dealkylation sites (N-methyl/N-ethyl adjacent to an activating group) is 1. The lowest BCUT2D eigenvalue weighted by Gasteiger charge is -2.42. The second-order valence-electron chi connectivity index (χ2n) is 10.2. The van der Waals surface area contributed by atoms with Gasteiger partial charge in [-0.05, 0) is 68.1 Å². The molecule has 2 aromatic rings. The number of carboxylic acid groups (broad SMARTS) is 1. The van der Waals surface area contributed by atoms with Crippen LogP contribution in [0.5, 0.6) is 11.5 Å². The summed E-state index contributed by atoms with van der Waals surface area (Å²) in [6, 6.07) is 8.96. The lowest BCUT2D eigenvalue weighted by atomic mass is 9.63. The Balaban J connectivity index is 0.000000616. The fourth-order valence-electron chi connectivity index (χ4n) is 5.65. The largest absolute Gasteiger partial charge is 0.493 e. The SMILES string of the molecule is COc1ccc(C23CCC(NC(=O)Nc4ccc(Br)cc4C(F)(F)F)CC2CN(C)C3)cc1OC.O=C(O)C(F)(F)F. The van der Waals surface area contributed by atoms with Gasteiger partial charge < -0.3 is 30.1 Å². The number of urea groups is 1. The average Bonchev–Trinajstić information content (AvgIpc) is 3.24. The van der Waals surface area contributed by atoms with Crippen molar-refractivity contribution >= 4 is 33.6 Å². The van der Waals surface area contributed by atoms with Gasteiger partial charge in [0.05, 0.1) is 25.5 Å². The van der Waals surface area contributed by atoms with Crippen molar-refractivity contribution in [3.8, 4) is 11.5 Å². The molecule has 1 saturated heterocycles. The number of carbonyl (C=O) groups is 2. The molecule has 8 nitrogen and oxygen atoms in total. The maximum atomic E-state index is 13.4. The molecule has 0 radical (unpaired) electrons. The van der Waals surface area contributed by atoms with E-state index in [0.717, 1.165) is 38.4 Å². The standard InChI is InChI=1S/C25H29BrF3N3O3.C2HF3O2/c1-32-13-16-10-18(30-23(33)31-20-6-5-17(26)12-19(20)25(27,28)29)8-9-24(16,14-32)15-4-7-21(34-2)22(11-15)35-3;3-2(4,5)1(6)7/h4-7,11-12,16,18H,8-10,13-14H2,1-3H3,(H2,30,31,33);(H,6,7). The third-order valence-corrected chi connectivity index (χ3v) is 7.94. The maximum absolute atomic E-state index is 13.4. The van der Waals surface area contributed by atoms with Crippen LogP contribution in [0.25, 0.3) is 0 Å². The molecular weight excluding hydrogens is 640 g/mol. The van der Waals surface area contributed by atoms with Crippen LogP contribution in [0.1, 0.15) is 30.4 Å². The number of benzene rings is 2. The topological polar surface area (TPSA) is 100 Å². The monoisotopic (exact) mass is 669 g/mol. The van der Waals surface area contributed by atoms with E-state index in [2.05, 4.69) is 44.6 Å². The van der Waals surface area contributed by atoms with Crippen molar-refractivity contribution in [2.24, 2.45) is 5.92 Å². The molecular formula is C27H30BrF6N3O5. The minimum absolute atomic E-state index is 0.0852. The Morgan fingerprint density at radius 1 is 1.05 bits per heavy atom. The quantitative estimate of drug-likeness (QED) is 0.324. The van der Waals surface area contributed by atoms with E-state index >= 15 is 0 Å². The number of hydrogen-bond donors (Lipinski definition) is 3. The number of carboxylic acids is 1. The van der Waals surface area contributed by atoms with Gasteiger partial charge >= 0.3 is 24.4 Å². The van der Waals surface area contributed by atoms with Crippen LogP contribution in [-0.2, 0) is 16.4 Å². The van der Waals surface area contributed by atoms with Crippen molar-refractivity contribution in [1.82, 2.24) is 10.2 Å². The molecule has 232 valence electrons. The Kier molecular flexibility index (Phi) is 10.3. The van der Waals surface area contributed by atoms with Crippen molar-refractivity contribution < 1.29 is 50.5 Å². The smallest absolute Gasteiger partial charge is 0.490 e. The number of rotatable bonds is 5. The summed E-state index contributed by atoms with van der Waals surface area (Å²) in [4.78, 5) is 23.9. The molecule has 0 spiro atoms. The lowest BCUT2D eigenvalue weighted by Crippen LogP contribution is -2.48. The number of halogens is 7. The van der Waals surface area contributed by atoms with Crippen molar-refractivity contribution in [2.45, 2.75) is 43.1 Å². The summed E-state index contributed by atoms with van der Waals surface area (Å²) in [5.41, 5.74) is -0.0695. The van der Waals surface area contributed by atoms with Gasteiger partial charge in [-0.25, -0.2) is 9.59 Å². The Hall–Kier alpha value is -3.20. The molecule has 3 unspecified atom stereocenters. The third-order valence-electron chi connectivity index (χ3n) is 7.44. The Bertz CT molecular complexity index is 1290. The molecule has 2 amide bonds. The molecule has 3 N–H and O–H groups in total. The predicted octanol–water partition coefficient (Wildman–Crippen LogP) is 6.29. The summed E-state index contributed by atoms with van der Waals surface area (Å²) in [5, 5.41) is 12.4. The minimum Gasteiger partial charge on any atom is -0.493 e. The molecule has 2 aromatic carbocycles. The molecule has 0 bridgehead atoms. The normalized spacial score (nSPS) is 22.3. The highest BCUT2D eigenvalue weighted by molar-refractivity contribution is 9.10. The number of carbonyl (C=O) groups excluding carboxylic acids is 1. The highest BCUT2D eigenvalue weighted by Gasteiger charge is 2.50. The van der Waals surface area contributed by atoms with Crippen LogP contribution in [0.3, 0.4) is 0 Å². The lowest BCUT2D eigenvalue weighted by molar-refractivity contribution is -0.192. The first kappa shape index (κ1) is 33.3. The van der Waals surface area contributed by atoms with Crippen LogP contribution in [0.4, 0.5) is 36.8 Å². The first-order valence-corrected chi connectivity index (χ1v) is 13.4. The van der Waals surface area contributed by atoms with Gasteiger partial charge in [0.1, 0.15) is 0 Å². The molecule has 1 heterocycles. The zero-order valence-corrected chi connectivity index (χ0v) is 24.4. The first-order valence-electron chi connectivity index (χ1n) is 12.7. The van der Waals surface area contributed by atoms with Crippen molar-refractivity contribution in [1.29, 1.82) is 0 Å². The van der Waals surface area contributed by atoms with Crippen molar-refractivity contribution in [3.63, 3.8) is 0 Å². The van der Waals surface area contributed by atoms with Gasteiger partial charge in [-0.3, -0.25) is 0 Å². The number of ether oxygens (including phenoxy) is 2. The molecule has 1 saturated carbocycles. The zero-order chi connectivity index (χ0) is 31.5. The van der Waals surface area contributed by atoms with Crippen LogP contribution in [0, 0.1) is 5.92 Å². The highest BCUT2D eigenvalue weighted by Crippen LogP contribution is 2.49. The summed E-state index contributed by atoms with van der Waals surface area (Å²) in [6.07, 6.45) is -7.36. The average molecular weight is 670 g/mol. The molecule has 1 aliphatic heterocycles. The predicted molar refractivity (Wildman–Crippen MR) is 145 cm³/mol. The van der Waals surface area contributed by atoms with Crippen LogP contribution in [-0.4, -0.2) is 68.6 Å². The number of hydrogen-bond acceptors (Lipinski definition) is 5. The Morgan fingerprint density at radius 2 is 1.69 bits per heavy atom. The molecule has 15 heteroatoms. The van der Waals surface area contributed by atoms with Crippen LogP contribution in [0.15, 0.2) is 40.9 Å². The van der Waals surface area contributed by atoms with E-state index in [1.807, 2.05) is 12.1 Å². The molecule has 0 aromatic heterocycles. The Morgan fingerprint density at radius 3 is 2.26 bits per heavy atom. The van der Waals surface area contributed by atoms with Gasteiger partial charge in [-0.1, -0.05) is 22.0 Å². The van der Waals surface area contributed by atoms with E-state index < -0.39 is 29.9 Å². The van der Waals surface area contributed by atoms with E-state index in [-0.39, 0.29) is 23.1 Å². The van der Waals surface area contributed by atoms with E-state index in [9.17, 15) is 31.1 Å². The number of fused-ring (bicyclic) bond motifs is 1.